The van der Waals surface area contributed by atoms with Gasteiger partial charge in [0.25, 0.3) is 0 Å². The molecule has 22 heavy (non-hydrogen) atoms. The van der Waals surface area contributed by atoms with Crippen LogP contribution in [0.25, 0.3) is 0 Å². The molecular weight excluding hydrogens is 280 g/mol. The molecule has 0 amide bonds. The molecule has 0 saturated carbocycles. The van der Waals surface area contributed by atoms with Gasteiger partial charge in [-0.15, -0.1) is 0 Å². The Balaban J connectivity index is 0.00000116. The lowest BCUT2D eigenvalue weighted by molar-refractivity contribution is 0.0563. The van der Waals surface area contributed by atoms with Crippen LogP contribution in [0.3, 0.4) is 0 Å². The third-order valence-electron chi connectivity index (χ3n) is 3.06. The molecule has 0 spiro atoms. The fourth-order valence-electron chi connectivity index (χ4n) is 1.83. The number of ether oxygens (including phenoxy) is 2. The monoisotopic (exact) mass is 304 g/mol. The van der Waals surface area contributed by atoms with Crippen molar-refractivity contribution in [3.05, 3.63) is 58.8 Å². The van der Waals surface area contributed by atoms with Crippen LogP contribution in [0.4, 0.5) is 0 Å². The van der Waals surface area contributed by atoms with E-state index in [0.717, 1.165) is 17.7 Å². The number of esters is 1. The lowest BCUT2D eigenvalue weighted by Gasteiger charge is -2.04. The summed E-state index contributed by atoms with van der Waals surface area (Å²) in [5.41, 5.74) is 2.12. The summed E-state index contributed by atoms with van der Waals surface area (Å²) in [6, 6.07) is 1.66. The molecule has 0 aliphatic heterocycles. The first-order valence-corrected chi connectivity index (χ1v) is 7.44. The third-order valence-corrected chi connectivity index (χ3v) is 3.06. The molecule has 0 fully saturated rings. The van der Waals surface area contributed by atoms with Crippen molar-refractivity contribution >= 4 is 5.97 Å². The van der Waals surface area contributed by atoms with E-state index in [0.29, 0.717) is 12.4 Å². The molecule has 1 aliphatic rings. The Labute approximate surface area is 132 Å². The molecule has 0 saturated heterocycles. The molecule has 0 aromatic carbocycles. The third kappa shape index (κ3) is 4.95. The molecule has 0 bridgehead atoms. The molecule has 1 aromatic rings. The van der Waals surface area contributed by atoms with Gasteiger partial charge in [-0.2, -0.15) is 0 Å². The number of furan rings is 1. The number of aryl methyl sites for hydroxylation is 1. The first-order chi connectivity index (χ1) is 10.6. The normalized spacial score (nSPS) is 13.3. The molecule has 1 aliphatic carbocycles. The van der Waals surface area contributed by atoms with Gasteiger partial charge in [0.2, 0.25) is 5.76 Å². The summed E-state index contributed by atoms with van der Waals surface area (Å²) >= 11 is 0. The number of hydrogen-bond donors (Lipinski definition) is 0. The summed E-state index contributed by atoms with van der Waals surface area (Å²) in [7, 11) is 1.33. The average Bonchev–Trinajstić information content (AvgIpc) is 2.78. The minimum atomic E-state index is -0.480. The van der Waals surface area contributed by atoms with Crippen molar-refractivity contribution in [2.24, 2.45) is 0 Å². The minimum absolute atomic E-state index is 0.199. The van der Waals surface area contributed by atoms with Gasteiger partial charge in [-0.3, -0.25) is 0 Å². The number of methoxy groups -OCH3 is 1. The number of rotatable bonds is 4. The van der Waals surface area contributed by atoms with Crippen LogP contribution in [0, 0.1) is 6.92 Å². The molecule has 0 N–H and O–H groups in total. The van der Waals surface area contributed by atoms with Crippen LogP contribution in [0.5, 0.6) is 0 Å². The van der Waals surface area contributed by atoms with Crippen molar-refractivity contribution in [2.45, 2.75) is 40.7 Å². The van der Waals surface area contributed by atoms with Crippen molar-refractivity contribution in [3.8, 4) is 0 Å². The largest absolute Gasteiger partial charge is 0.489 e. The van der Waals surface area contributed by atoms with Crippen LogP contribution >= 0.6 is 0 Å². The number of allylic oxidation sites excluding steroid dienone is 5. The highest BCUT2D eigenvalue weighted by Crippen LogP contribution is 2.19. The second kappa shape index (κ2) is 8.93. The second-order valence-corrected chi connectivity index (χ2v) is 4.66. The quantitative estimate of drug-likeness (QED) is 0.756. The average molecular weight is 304 g/mol. The number of carbonyl (C=O) groups excluding carboxylic acids is 1. The minimum Gasteiger partial charge on any atom is -0.489 e. The summed E-state index contributed by atoms with van der Waals surface area (Å²) in [6.45, 7) is 8.23. The van der Waals surface area contributed by atoms with Crippen molar-refractivity contribution in [2.75, 3.05) is 7.11 Å². The second-order valence-electron chi connectivity index (χ2n) is 4.66. The van der Waals surface area contributed by atoms with Gasteiger partial charge >= 0.3 is 5.97 Å². The first-order valence-electron chi connectivity index (χ1n) is 7.44. The zero-order chi connectivity index (χ0) is 16.5. The molecule has 1 heterocycles. The SMILES string of the molecule is CC.COC(=O)c1cc(COC2=CC=C(C)CC=C2)c(C)o1. The highest BCUT2D eigenvalue weighted by molar-refractivity contribution is 5.86. The summed E-state index contributed by atoms with van der Waals surface area (Å²) in [4.78, 5) is 11.4. The van der Waals surface area contributed by atoms with E-state index in [1.807, 2.05) is 32.1 Å². The van der Waals surface area contributed by atoms with Gasteiger partial charge in [0.1, 0.15) is 18.1 Å². The van der Waals surface area contributed by atoms with Crippen molar-refractivity contribution < 1.29 is 18.7 Å². The molecule has 0 radical (unpaired) electrons. The van der Waals surface area contributed by atoms with E-state index in [9.17, 15) is 4.79 Å². The predicted molar refractivity (Wildman–Crippen MR) is 86.5 cm³/mol. The molecule has 0 unspecified atom stereocenters. The Morgan fingerprint density at radius 1 is 1.27 bits per heavy atom. The maximum Gasteiger partial charge on any atom is 0.373 e. The molecule has 1 aromatic heterocycles. The van der Waals surface area contributed by atoms with Gasteiger partial charge in [0.05, 0.1) is 7.11 Å². The van der Waals surface area contributed by atoms with Crippen molar-refractivity contribution in [1.82, 2.24) is 0 Å². The topological polar surface area (TPSA) is 48.7 Å². The van der Waals surface area contributed by atoms with E-state index in [2.05, 4.69) is 17.7 Å². The predicted octanol–water partition coefficient (Wildman–Crippen LogP) is 4.71. The molecule has 120 valence electrons. The van der Waals surface area contributed by atoms with E-state index in [4.69, 9.17) is 9.15 Å². The number of carbonyl (C=O) groups is 1. The molecule has 0 atom stereocenters. The summed E-state index contributed by atoms with van der Waals surface area (Å²) in [6.07, 6.45) is 8.92. The highest BCUT2D eigenvalue weighted by atomic mass is 16.5. The van der Waals surface area contributed by atoms with E-state index in [1.165, 1.54) is 12.7 Å². The Morgan fingerprint density at radius 3 is 2.68 bits per heavy atom. The van der Waals surface area contributed by atoms with Crippen LogP contribution in [0.2, 0.25) is 0 Å². The van der Waals surface area contributed by atoms with E-state index in [1.54, 1.807) is 13.0 Å². The lowest BCUT2D eigenvalue weighted by Crippen LogP contribution is -1.98. The van der Waals surface area contributed by atoms with Crippen LogP contribution in [-0.4, -0.2) is 13.1 Å². The van der Waals surface area contributed by atoms with E-state index >= 15 is 0 Å². The van der Waals surface area contributed by atoms with E-state index in [-0.39, 0.29) is 5.76 Å². The van der Waals surface area contributed by atoms with Crippen LogP contribution in [0.15, 0.2) is 46.1 Å². The Morgan fingerprint density at radius 2 is 2.00 bits per heavy atom. The molecule has 4 heteroatoms. The van der Waals surface area contributed by atoms with Gasteiger partial charge in [0.15, 0.2) is 0 Å². The fraction of sp³-hybridized carbons (Fsp3) is 0.389. The fourth-order valence-corrected chi connectivity index (χ4v) is 1.83. The standard InChI is InChI=1S/C16H18O4.C2H6/c1-11-5-4-6-14(8-7-11)19-10-13-9-15(16(17)18-3)20-12(13)2;1-2/h4,6-9H,5,10H2,1-3H3;1-2H3. The van der Waals surface area contributed by atoms with Gasteiger partial charge < -0.3 is 13.9 Å². The van der Waals surface area contributed by atoms with Crippen molar-refractivity contribution in [3.63, 3.8) is 0 Å². The smallest absolute Gasteiger partial charge is 0.373 e. The Bertz CT molecular complexity index is 588. The zero-order valence-corrected chi connectivity index (χ0v) is 13.9. The highest BCUT2D eigenvalue weighted by Gasteiger charge is 2.15. The molecule has 2 rings (SSSR count). The summed E-state index contributed by atoms with van der Waals surface area (Å²) < 4.78 is 15.7. The van der Waals surface area contributed by atoms with Gasteiger partial charge in [0, 0.05) is 5.56 Å². The first kappa shape index (κ1) is 17.8. The van der Waals surface area contributed by atoms with Gasteiger partial charge in [-0.05, 0) is 38.5 Å². The summed E-state index contributed by atoms with van der Waals surface area (Å²) in [5, 5.41) is 0. The molecular formula is C18H24O4. The summed E-state index contributed by atoms with van der Waals surface area (Å²) in [5.74, 6) is 1.17. The van der Waals surface area contributed by atoms with Gasteiger partial charge in [-0.25, -0.2) is 4.79 Å². The zero-order valence-electron chi connectivity index (χ0n) is 13.9. The number of hydrogen-bond acceptors (Lipinski definition) is 4. The maximum atomic E-state index is 11.4. The maximum absolute atomic E-state index is 11.4. The van der Waals surface area contributed by atoms with E-state index < -0.39 is 5.97 Å². The molecule has 4 nitrogen and oxygen atoms in total. The Hall–Kier alpha value is -2.23. The van der Waals surface area contributed by atoms with Crippen LogP contribution < -0.4 is 0 Å². The van der Waals surface area contributed by atoms with Crippen LogP contribution in [0.1, 0.15) is 49.1 Å². The van der Waals surface area contributed by atoms with Crippen LogP contribution in [-0.2, 0) is 16.1 Å². The lowest BCUT2D eigenvalue weighted by atomic mass is 10.2. The Kier molecular flexibility index (Phi) is 7.23. The van der Waals surface area contributed by atoms with Crippen molar-refractivity contribution in [1.29, 1.82) is 0 Å². The van der Waals surface area contributed by atoms with Gasteiger partial charge in [-0.1, -0.05) is 31.6 Å².